The molecule has 0 spiro atoms. The number of phenolic OH excluding ortho intramolecular Hbond substituents is 2. The molecule has 3 aromatic rings. The molecule has 0 atom stereocenters. The van der Waals surface area contributed by atoms with E-state index in [2.05, 4.69) is 0 Å². The van der Waals surface area contributed by atoms with Gasteiger partial charge in [0, 0.05) is 5.39 Å². The van der Waals surface area contributed by atoms with E-state index >= 15 is 0 Å². The first-order chi connectivity index (χ1) is 12.4. The molecule has 0 bridgehead atoms. The van der Waals surface area contributed by atoms with Crippen LogP contribution in [0.3, 0.4) is 0 Å². The summed E-state index contributed by atoms with van der Waals surface area (Å²) in [6, 6.07) is 11.2. The summed E-state index contributed by atoms with van der Waals surface area (Å²) in [5, 5.41) is 39.8. The van der Waals surface area contributed by atoms with Crippen molar-refractivity contribution in [1.82, 2.24) is 0 Å². The molecule has 0 saturated heterocycles. The first-order valence-corrected chi connectivity index (χ1v) is 7.68. The van der Waals surface area contributed by atoms with Gasteiger partial charge < -0.3 is 25.2 Å². The van der Waals surface area contributed by atoms with Crippen molar-refractivity contribution in [2.24, 2.45) is 0 Å². The molecule has 3 aromatic carbocycles. The molecule has 0 aliphatic heterocycles. The van der Waals surface area contributed by atoms with E-state index < -0.39 is 5.97 Å². The maximum Gasteiger partial charge on any atom is 0.339 e. The number of fused-ring (bicyclic) bond motifs is 1. The smallest absolute Gasteiger partial charge is 0.339 e. The Morgan fingerprint density at radius 1 is 0.923 bits per heavy atom. The van der Waals surface area contributed by atoms with Crippen LogP contribution >= 0.6 is 0 Å². The molecule has 0 fully saturated rings. The van der Waals surface area contributed by atoms with Gasteiger partial charge in [-0.15, -0.1) is 0 Å². The molecule has 132 valence electrons. The Morgan fingerprint density at radius 2 is 1.62 bits per heavy atom. The molecule has 6 nitrogen and oxygen atoms in total. The van der Waals surface area contributed by atoms with Gasteiger partial charge in [0.25, 0.3) is 0 Å². The molecule has 0 radical (unpaired) electrons. The predicted molar refractivity (Wildman–Crippen MR) is 97.8 cm³/mol. The van der Waals surface area contributed by atoms with Gasteiger partial charge in [-0.25, -0.2) is 4.79 Å². The summed E-state index contributed by atoms with van der Waals surface area (Å²) in [4.78, 5) is 11.2. The minimum atomic E-state index is -1.20. The van der Waals surface area contributed by atoms with Gasteiger partial charge in [-0.3, -0.25) is 0 Å². The minimum absolute atomic E-state index is 0.145. The first-order valence-electron chi connectivity index (χ1n) is 7.68. The quantitative estimate of drug-likeness (QED) is 0.420. The topological polar surface area (TPSA) is 107 Å². The van der Waals surface area contributed by atoms with E-state index in [1.54, 1.807) is 36.4 Å². The number of hydrogen-bond acceptors (Lipinski definition) is 5. The van der Waals surface area contributed by atoms with Gasteiger partial charge in [0.1, 0.15) is 11.3 Å². The average molecular weight is 352 g/mol. The SMILES string of the molecule is COc1cc(/C=C/c2ccc3ccc(C(=O)O)c(O)c3c2)cc(O)c1O. The third-order valence-corrected chi connectivity index (χ3v) is 4.01. The number of benzene rings is 3. The number of phenols is 3. The van der Waals surface area contributed by atoms with Crippen molar-refractivity contribution in [2.45, 2.75) is 0 Å². The highest BCUT2D eigenvalue weighted by atomic mass is 16.5. The van der Waals surface area contributed by atoms with Crippen molar-refractivity contribution in [3.8, 4) is 23.0 Å². The molecule has 0 saturated carbocycles. The Morgan fingerprint density at radius 3 is 2.31 bits per heavy atom. The lowest BCUT2D eigenvalue weighted by Gasteiger charge is -2.07. The molecular weight excluding hydrogens is 336 g/mol. The Kier molecular flexibility index (Phi) is 4.41. The fourth-order valence-corrected chi connectivity index (χ4v) is 2.66. The molecule has 4 N–H and O–H groups in total. The molecule has 26 heavy (non-hydrogen) atoms. The third kappa shape index (κ3) is 3.12. The zero-order chi connectivity index (χ0) is 18.8. The van der Waals surface area contributed by atoms with Crippen molar-refractivity contribution >= 4 is 28.9 Å². The number of aromatic carboxylic acids is 1. The van der Waals surface area contributed by atoms with E-state index in [0.717, 1.165) is 5.56 Å². The van der Waals surface area contributed by atoms with Gasteiger partial charge in [0.15, 0.2) is 11.5 Å². The maximum absolute atomic E-state index is 11.2. The molecule has 0 unspecified atom stereocenters. The van der Waals surface area contributed by atoms with E-state index in [1.165, 1.54) is 19.2 Å². The van der Waals surface area contributed by atoms with Gasteiger partial charge in [0.2, 0.25) is 5.75 Å². The fraction of sp³-hybridized carbons (Fsp3) is 0.0500. The van der Waals surface area contributed by atoms with E-state index in [9.17, 15) is 20.1 Å². The van der Waals surface area contributed by atoms with E-state index in [0.29, 0.717) is 16.3 Å². The standard InChI is InChI=1S/C20H16O6/c1-26-17-10-12(9-16(21)19(17)23)3-2-11-4-5-13-6-7-14(20(24)25)18(22)15(13)8-11/h2-10,21-23H,1H3,(H,24,25)/b3-2+. The summed E-state index contributed by atoms with van der Waals surface area (Å²) >= 11 is 0. The minimum Gasteiger partial charge on any atom is -0.506 e. The fourth-order valence-electron chi connectivity index (χ4n) is 2.66. The number of aromatic hydroxyl groups is 3. The normalized spacial score (nSPS) is 11.1. The number of carboxylic acid groups (broad SMARTS) is 1. The van der Waals surface area contributed by atoms with Crippen LogP contribution in [0.1, 0.15) is 21.5 Å². The summed E-state index contributed by atoms with van der Waals surface area (Å²) in [6.45, 7) is 0. The maximum atomic E-state index is 11.2. The number of hydrogen-bond donors (Lipinski definition) is 4. The van der Waals surface area contributed by atoms with Crippen LogP contribution in [-0.2, 0) is 0 Å². The second-order valence-electron chi connectivity index (χ2n) is 5.67. The van der Waals surface area contributed by atoms with Crippen LogP contribution in [0.15, 0.2) is 42.5 Å². The lowest BCUT2D eigenvalue weighted by molar-refractivity contribution is 0.0694. The highest BCUT2D eigenvalue weighted by molar-refractivity contribution is 6.01. The Bertz CT molecular complexity index is 1040. The summed E-state index contributed by atoms with van der Waals surface area (Å²) in [6.07, 6.45) is 3.43. The van der Waals surface area contributed by atoms with Crippen molar-refractivity contribution in [3.05, 3.63) is 59.2 Å². The van der Waals surface area contributed by atoms with Gasteiger partial charge in [-0.05, 0) is 40.8 Å². The van der Waals surface area contributed by atoms with E-state index in [4.69, 9.17) is 9.84 Å². The molecule has 3 rings (SSSR count). The van der Waals surface area contributed by atoms with Crippen LogP contribution in [-0.4, -0.2) is 33.5 Å². The lowest BCUT2D eigenvalue weighted by Crippen LogP contribution is -1.96. The average Bonchev–Trinajstić information content (AvgIpc) is 2.62. The molecule has 0 aliphatic carbocycles. The second kappa shape index (κ2) is 6.68. The summed E-state index contributed by atoms with van der Waals surface area (Å²) in [7, 11) is 1.38. The highest BCUT2D eigenvalue weighted by Crippen LogP contribution is 2.37. The Labute approximate surface area is 148 Å². The number of carboxylic acids is 1. The number of ether oxygens (including phenoxy) is 1. The molecule has 0 heterocycles. The van der Waals surface area contributed by atoms with Crippen molar-refractivity contribution < 1.29 is 30.0 Å². The molecule has 6 heteroatoms. The van der Waals surface area contributed by atoms with Crippen LogP contribution in [0.4, 0.5) is 0 Å². The molecular formula is C20H16O6. The van der Waals surface area contributed by atoms with Crippen LogP contribution in [0, 0.1) is 0 Å². The zero-order valence-corrected chi connectivity index (χ0v) is 13.8. The third-order valence-electron chi connectivity index (χ3n) is 4.01. The van der Waals surface area contributed by atoms with Crippen LogP contribution in [0.25, 0.3) is 22.9 Å². The Hall–Kier alpha value is -3.67. The van der Waals surface area contributed by atoms with E-state index in [1.807, 2.05) is 6.07 Å². The first kappa shape index (κ1) is 17.2. The lowest BCUT2D eigenvalue weighted by atomic mass is 10.0. The van der Waals surface area contributed by atoms with Crippen molar-refractivity contribution in [2.75, 3.05) is 7.11 Å². The van der Waals surface area contributed by atoms with Gasteiger partial charge >= 0.3 is 5.97 Å². The number of rotatable bonds is 4. The summed E-state index contributed by atoms with van der Waals surface area (Å²) < 4.78 is 4.99. The molecule has 0 aromatic heterocycles. The highest BCUT2D eigenvalue weighted by Gasteiger charge is 2.12. The van der Waals surface area contributed by atoms with Gasteiger partial charge in [0.05, 0.1) is 7.11 Å². The van der Waals surface area contributed by atoms with Crippen LogP contribution in [0.5, 0.6) is 23.0 Å². The zero-order valence-electron chi connectivity index (χ0n) is 13.8. The van der Waals surface area contributed by atoms with E-state index in [-0.39, 0.29) is 28.6 Å². The molecule has 0 aliphatic rings. The monoisotopic (exact) mass is 352 g/mol. The van der Waals surface area contributed by atoms with Crippen LogP contribution < -0.4 is 4.74 Å². The predicted octanol–water partition coefficient (Wildman–Crippen LogP) is 3.83. The second-order valence-corrected chi connectivity index (χ2v) is 5.67. The van der Waals surface area contributed by atoms with Crippen molar-refractivity contribution in [1.29, 1.82) is 0 Å². The number of carbonyl (C=O) groups is 1. The van der Waals surface area contributed by atoms with Crippen molar-refractivity contribution in [3.63, 3.8) is 0 Å². The van der Waals surface area contributed by atoms with Crippen LogP contribution in [0.2, 0.25) is 0 Å². The largest absolute Gasteiger partial charge is 0.506 e. The van der Waals surface area contributed by atoms with Gasteiger partial charge in [-0.1, -0.05) is 30.4 Å². The molecule has 0 amide bonds. The number of methoxy groups -OCH3 is 1. The summed E-state index contributed by atoms with van der Waals surface area (Å²) in [5.41, 5.74) is 1.16. The Balaban J connectivity index is 2.01. The van der Waals surface area contributed by atoms with Gasteiger partial charge in [-0.2, -0.15) is 0 Å². The summed E-state index contributed by atoms with van der Waals surface area (Å²) in [5.74, 6) is -1.97.